The van der Waals surface area contributed by atoms with Crippen LogP contribution in [-0.4, -0.2) is 11.1 Å². The first kappa shape index (κ1) is 12.9. The minimum absolute atomic E-state index is 0.159. The van der Waals surface area contributed by atoms with Gasteiger partial charge < -0.3 is 5.11 Å². The van der Waals surface area contributed by atoms with E-state index in [1.54, 1.807) is 0 Å². The number of carboxylic acids is 1. The number of rotatable bonds is 4. The molecule has 0 heterocycles. The maximum absolute atomic E-state index is 11.1. The molecule has 0 unspecified atom stereocenters. The van der Waals surface area contributed by atoms with Crippen molar-refractivity contribution in [1.82, 2.24) is 0 Å². The smallest absolute Gasteiger partial charge is 0.303 e. The van der Waals surface area contributed by atoms with E-state index in [-0.39, 0.29) is 5.41 Å². The number of carbonyl (C=O) groups is 1. The molecule has 0 aromatic heterocycles. The van der Waals surface area contributed by atoms with Gasteiger partial charge in [0.1, 0.15) is 0 Å². The van der Waals surface area contributed by atoms with Crippen molar-refractivity contribution in [3.8, 4) is 0 Å². The Labute approximate surface area is 105 Å². The fourth-order valence-corrected chi connectivity index (χ4v) is 4.08. The molecule has 0 bridgehead atoms. The molecular formula is C15H26O2. The predicted molar refractivity (Wildman–Crippen MR) is 69.0 cm³/mol. The number of hydrogen-bond donors (Lipinski definition) is 1. The topological polar surface area (TPSA) is 37.3 Å². The molecule has 0 atom stereocenters. The Morgan fingerprint density at radius 1 is 1.00 bits per heavy atom. The third-order valence-corrected chi connectivity index (χ3v) is 4.89. The summed E-state index contributed by atoms with van der Waals surface area (Å²) in [4.78, 5) is 11.1. The molecule has 2 rings (SSSR count). The highest BCUT2D eigenvalue weighted by Crippen LogP contribution is 2.46. The molecule has 0 aromatic carbocycles. The largest absolute Gasteiger partial charge is 0.481 e. The van der Waals surface area contributed by atoms with Gasteiger partial charge in [0.15, 0.2) is 0 Å². The van der Waals surface area contributed by atoms with Crippen molar-refractivity contribution in [3.63, 3.8) is 0 Å². The van der Waals surface area contributed by atoms with Gasteiger partial charge in [-0.2, -0.15) is 0 Å². The summed E-state index contributed by atoms with van der Waals surface area (Å²) in [6, 6.07) is 0. The highest BCUT2D eigenvalue weighted by atomic mass is 16.4. The maximum Gasteiger partial charge on any atom is 0.303 e. The summed E-state index contributed by atoms with van der Waals surface area (Å²) in [5, 5.41) is 9.16. The third kappa shape index (κ3) is 3.72. The van der Waals surface area contributed by atoms with E-state index < -0.39 is 5.97 Å². The van der Waals surface area contributed by atoms with Crippen molar-refractivity contribution in [3.05, 3.63) is 0 Å². The minimum atomic E-state index is -0.581. The molecule has 2 heteroatoms. The first-order valence-electron chi connectivity index (χ1n) is 7.42. The maximum atomic E-state index is 11.1. The Kier molecular flexibility index (Phi) is 4.47. The molecule has 1 N–H and O–H groups in total. The molecule has 0 spiro atoms. The zero-order valence-corrected chi connectivity index (χ0v) is 10.9. The molecule has 0 aliphatic heterocycles. The second-order valence-electron chi connectivity index (χ2n) is 6.34. The van der Waals surface area contributed by atoms with Crippen LogP contribution in [0.4, 0.5) is 0 Å². The normalized spacial score (nSPS) is 25.6. The summed E-state index contributed by atoms with van der Waals surface area (Å²) in [5.41, 5.74) is 0.159. The third-order valence-electron chi connectivity index (χ3n) is 4.89. The average molecular weight is 238 g/mol. The van der Waals surface area contributed by atoms with E-state index in [0.29, 0.717) is 6.42 Å². The van der Waals surface area contributed by atoms with Gasteiger partial charge in [-0.1, -0.05) is 51.4 Å². The van der Waals surface area contributed by atoms with E-state index in [1.165, 1.54) is 57.8 Å². The van der Waals surface area contributed by atoms with E-state index in [9.17, 15) is 4.79 Å². The summed E-state index contributed by atoms with van der Waals surface area (Å²) < 4.78 is 0. The molecule has 2 saturated carbocycles. The molecular weight excluding hydrogens is 212 g/mol. The van der Waals surface area contributed by atoms with Crippen LogP contribution < -0.4 is 0 Å². The molecule has 0 saturated heterocycles. The summed E-state index contributed by atoms with van der Waals surface area (Å²) in [5.74, 6) is 0.240. The van der Waals surface area contributed by atoms with Gasteiger partial charge in [0.2, 0.25) is 0 Å². The van der Waals surface area contributed by atoms with Crippen molar-refractivity contribution in [2.75, 3.05) is 0 Å². The molecule has 0 aromatic rings. The van der Waals surface area contributed by atoms with Crippen LogP contribution in [0, 0.1) is 11.3 Å². The van der Waals surface area contributed by atoms with Gasteiger partial charge in [0.05, 0.1) is 6.42 Å². The lowest BCUT2D eigenvalue weighted by Crippen LogP contribution is -2.30. The number of aliphatic carboxylic acids is 1. The lowest BCUT2D eigenvalue weighted by molar-refractivity contribution is -0.140. The minimum Gasteiger partial charge on any atom is -0.481 e. The first-order chi connectivity index (χ1) is 8.20. The molecule has 0 radical (unpaired) electrons. The molecule has 0 amide bonds. The van der Waals surface area contributed by atoms with E-state index >= 15 is 0 Å². The van der Waals surface area contributed by atoms with Crippen LogP contribution >= 0.6 is 0 Å². The summed E-state index contributed by atoms with van der Waals surface area (Å²) in [6.07, 6.45) is 14.6. The quantitative estimate of drug-likeness (QED) is 0.789. The molecule has 98 valence electrons. The van der Waals surface area contributed by atoms with E-state index in [4.69, 9.17) is 5.11 Å². The van der Waals surface area contributed by atoms with Crippen molar-refractivity contribution in [2.45, 2.75) is 77.0 Å². The Hall–Kier alpha value is -0.530. The van der Waals surface area contributed by atoms with Gasteiger partial charge >= 0.3 is 5.97 Å². The molecule has 2 nitrogen and oxygen atoms in total. The summed E-state index contributed by atoms with van der Waals surface area (Å²) >= 11 is 0. The SMILES string of the molecule is O=C(O)CC1(CC2CCCCC2)CCCCC1. The van der Waals surface area contributed by atoms with Gasteiger partial charge in [-0.05, 0) is 30.6 Å². The van der Waals surface area contributed by atoms with Crippen LogP contribution in [0.2, 0.25) is 0 Å². The molecule has 2 fully saturated rings. The fourth-order valence-electron chi connectivity index (χ4n) is 4.08. The van der Waals surface area contributed by atoms with Crippen LogP contribution in [0.1, 0.15) is 77.0 Å². The average Bonchev–Trinajstić information content (AvgIpc) is 2.30. The monoisotopic (exact) mass is 238 g/mol. The predicted octanol–water partition coefficient (Wildman–Crippen LogP) is 4.38. The highest BCUT2D eigenvalue weighted by molar-refractivity contribution is 5.67. The Morgan fingerprint density at radius 2 is 1.59 bits per heavy atom. The molecule has 2 aliphatic rings. The Morgan fingerprint density at radius 3 is 2.18 bits per heavy atom. The zero-order chi connectivity index (χ0) is 12.1. The van der Waals surface area contributed by atoms with Crippen LogP contribution in [0.3, 0.4) is 0 Å². The number of carboxylic acid groups (broad SMARTS) is 1. The van der Waals surface area contributed by atoms with Crippen LogP contribution in [0.25, 0.3) is 0 Å². The molecule has 17 heavy (non-hydrogen) atoms. The standard InChI is InChI=1S/C15H26O2/c16-14(17)12-15(9-5-2-6-10-15)11-13-7-3-1-4-8-13/h13H,1-12H2,(H,16,17). The van der Waals surface area contributed by atoms with Crippen LogP contribution in [0.5, 0.6) is 0 Å². The lowest BCUT2D eigenvalue weighted by Gasteiger charge is -2.40. The Balaban J connectivity index is 1.95. The van der Waals surface area contributed by atoms with Crippen LogP contribution in [0.15, 0.2) is 0 Å². The van der Waals surface area contributed by atoms with Gasteiger partial charge in [0.25, 0.3) is 0 Å². The second-order valence-corrected chi connectivity index (χ2v) is 6.34. The van der Waals surface area contributed by atoms with Crippen molar-refractivity contribution < 1.29 is 9.90 Å². The van der Waals surface area contributed by atoms with Crippen LogP contribution in [-0.2, 0) is 4.79 Å². The van der Waals surface area contributed by atoms with E-state index in [1.807, 2.05) is 0 Å². The summed E-state index contributed by atoms with van der Waals surface area (Å²) in [7, 11) is 0. The zero-order valence-electron chi connectivity index (χ0n) is 10.9. The van der Waals surface area contributed by atoms with Gasteiger partial charge in [-0.25, -0.2) is 0 Å². The second kappa shape index (κ2) is 5.88. The molecule has 2 aliphatic carbocycles. The van der Waals surface area contributed by atoms with Gasteiger partial charge in [-0.15, -0.1) is 0 Å². The van der Waals surface area contributed by atoms with Crippen molar-refractivity contribution in [2.24, 2.45) is 11.3 Å². The van der Waals surface area contributed by atoms with Crippen molar-refractivity contribution in [1.29, 1.82) is 0 Å². The number of hydrogen-bond acceptors (Lipinski definition) is 1. The van der Waals surface area contributed by atoms with Gasteiger partial charge in [-0.3, -0.25) is 4.79 Å². The first-order valence-corrected chi connectivity index (χ1v) is 7.42. The van der Waals surface area contributed by atoms with E-state index in [0.717, 1.165) is 18.8 Å². The Bertz CT molecular complexity index is 248. The lowest BCUT2D eigenvalue weighted by atomic mass is 9.65. The fraction of sp³-hybridized carbons (Fsp3) is 0.933. The highest BCUT2D eigenvalue weighted by Gasteiger charge is 2.36. The summed E-state index contributed by atoms with van der Waals surface area (Å²) in [6.45, 7) is 0. The van der Waals surface area contributed by atoms with Crippen molar-refractivity contribution >= 4 is 5.97 Å². The van der Waals surface area contributed by atoms with E-state index in [2.05, 4.69) is 0 Å². The van der Waals surface area contributed by atoms with Gasteiger partial charge in [0, 0.05) is 0 Å².